The van der Waals surface area contributed by atoms with Gasteiger partial charge in [-0.2, -0.15) is 5.26 Å². The molecule has 0 amide bonds. The largest absolute Gasteiger partial charge is 0.326 e. The molecule has 0 aliphatic rings. The highest BCUT2D eigenvalue weighted by Crippen LogP contribution is 2.26. The van der Waals surface area contributed by atoms with E-state index in [1.165, 1.54) is 4.88 Å². The van der Waals surface area contributed by atoms with Crippen LogP contribution in [-0.4, -0.2) is 24.5 Å². The van der Waals surface area contributed by atoms with E-state index in [1.807, 2.05) is 27.0 Å². The van der Waals surface area contributed by atoms with Crippen LogP contribution < -0.4 is 5.73 Å². The molecule has 88 valence electrons. The zero-order valence-corrected chi connectivity index (χ0v) is 10.9. The molecule has 0 bridgehead atoms. The van der Waals surface area contributed by atoms with Crippen molar-refractivity contribution in [3.05, 3.63) is 22.4 Å². The van der Waals surface area contributed by atoms with Crippen LogP contribution in [0.1, 0.15) is 24.8 Å². The van der Waals surface area contributed by atoms with E-state index >= 15 is 0 Å². The lowest BCUT2D eigenvalue weighted by Crippen LogP contribution is -2.38. The molecule has 1 aromatic rings. The summed E-state index contributed by atoms with van der Waals surface area (Å²) in [6.07, 6.45) is 0. The van der Waals surface area contributed by atoms with Gasteiger partial charge < -0.3 is 5.73 Å². The number of nitrogens with zero attached hydrogens (tertiary/aromatic N) is 2. The molecule has 1 aromatic heterocycles. The van der Waals surface area contributed by atoms with Gasteiger partial charge in [-0.25, -0.2) is 0 Å². The van der Waals surface area contributed by atoms with Crippen LogP contribution >= 0.6 is 11.3 Å². The Labute approximate surface area is 101 Å². The molecule has 3 nitrogen and oxygen atoms in total. The predicted octanol–water partition coefficient (Wildman–Crippen LogP) is 2.23. The molecule has 0 spiro atoms. The quantitative estimate of drug-likeness (QED) is 0.854. The van der Waals surface area contributed by atoms with Crippen molar-refractivity contribution >= 4 is 11.3 Å². The zero-order chi connectivity index (χ0) is 12.1. The fraction of sp³-hybridized carbons (Fsp3) is 0.583. The van der Waals surface area contributed by atoms with Gasteiger partial charge >= 0.3 is 0 Å². The predicted molar refractivity (Wildman–Crippen MR) is 68.1 cm³/mol. The number of nitriles is 1. The van der Waals surface area contributed by atoms with Gasteiger partial charge in [0.1, 0.15) is 0 Å². The first-order chi connectivity index (χ1) is 7.56. The van der Waals surface area contributed by atoms with E-state index in [-0.39, 0.29) is 18.0 Å². The second-order valence-corrected chi connectivity index (χ2v) is 5.27. The molecule has 4 heteroatoms. The number of likely N-dealkylation sites (N-methyl/N-ethyl adjacent to an activating group) is 1. The molecule has 1 heterocycles. The molecule has 0 radical (unpaired) electrons. The van der Waals surface area contributed by atoms with Crippen molar-refractivity contribution in [3.63, 3.8) is 0 Å². The smallest absolute Gasteiger partial charge is 0.0666 e. The van der Waals surface area contributed by atoms with Crippen molar-refractivity contribution in [2.75, 3.05) is 13.6 Å². The van der Waals surface area contributed by atoms with Crippen molar-refractivity contribution in [3.8, 4) is 6.07 Å². The number of rotatable bonds is 5. The van der Waals surface area contributed by atoms with Gasteiger partial charge in [-0.3, -0.25) is 4.90 Å². The molecule has 3 unspecified atom stereocenters. The minimum Gasteiger partial charge on any atom is -0.326 e. The second kappa shape index (κ2) is 6.00. The van der Waals surface area contributed by atoms with Crippen LogP contribution in [0.25, 0.3) is 0 Å². The van der Waals surface area contributed by atoms with Crippen LogP contribution in [-0.2, 0) is 0 Å². The lowest BCUT2D eigenvalue weighted by molar-refractivity contribution is 0.208. The number of hydrogen-bond acceptors (Lipinski definition) is 4. The van der Waals surface area contributed by atoms with Crippen molar-refractivity contribution in [2.45, 2.75) is 25.9 Å². The van der Waals surface area contributed by atoms with Crippen LogP contribution in [0, 0.1) is 17.2 Å². The molecule has 0 fully saturated rings. The highest BCUT2D eigenvalue weighted by atomic mass is 32.1. The van der Waals surface area contributed by atoms with E-state index in [1.54, 1.807) is 11.3 Å². The first-order valence-corrected chi connectivity index (χ1v) is 6.33. The topological polar surface area (TPSA) is 53.0 Å². The maximum Gasteiger partial charge on any atom is 0.0666 e. The molecule has 0 aliphatic carbocycles. The van der Waals surface area contributed by atoms with Gasteiger partial charge in [0.25, 0.3) is 0 Å². The van der Waals surface area contributed by atoms with Gasteiger partial charge in [-0.1, -0.05) is 6.07 Å². The lowest BCUT2D eigenvalue weighted by atomic mass is 10.1. The van der Waals surface area contributed by atoms with Gasteiger partial charge in [-0.05, 0) is 32.3 Å². The fourth-order valence-corrected chi connectivity index (χ4v) is 2.93. The molecule has 1 rings (SSSR count). The zero-order valence-electron chi connectivity index (χ0n) is 10.1. The monoisotopic (exact) mass is 237 g/mol. The molecular formula is C12H19N3S. The van der Waals surface area contributed by atoms with E-state index in [4.69, 9.17) is 11.0 Å². The first kappa shape index (κ1) is 13.2. The third-order valence-electron chi connectivity index (χ3n) is 2.59. The Morgan fingerprint density at radius 3 is 2.69 bits per heavy atom. The summed E-state index contributed by atoms with van der Waals surface area (Å²) in [5, 5.41) is 10.9. The molecular weight excluding hydrogens is 218 g/mol. The second-order valence-electron chi connectivity index (χ2n) is 4.29. The third-order valence-corrected chi connectivity index (χ3v) is 3.53. The minimum atomic E-state index is 0.0335. The molecule has 3 atom stereocenters. The number of hydrogen-bond donors (Lipinski definition) is 1. The minimum absolute atomic E-state index is 0.0335. The third kappa shape index (κ3) is 3.31. The van der Waals surface area contributed by atoms with Crippen LogP contribution in [0.5, 0.6) is 0 Å². The summed E-state index contributed by atoms with van der Waals surface area (Å²) in [5.41, 5.74) is 6.03. The van der Waals surface area contributed by atoms with Gasteiger partial charge in [0, 0.05) is 17.5 Å². The van der Waals surface area contributed by atoms with Gasteiger partial charge in [0.15, 0.2) is 0 Å². The fourth-order valence-electron chi connectivity index (χ4n) is 1.92. The summed E-state index contributed by atoms with van der Waals surface area (Å²) >= 11 is 1.72. The average Bonchev–Trinajstić information content (AvgIpc) is 2.70. The Hall–Kier alpha value is -0.890. The van der Waals surface area contributed by atoms with Crippen molar-refractivity contribution < 1.29 is 0 Å². The normalized spacial score (nSPS) is 16.8. The van der Waals surface area contributed by atoms with E-state index in [0.29, 0.717) is 0 Å². The number of thiophene rings is 1. The van der Waals surface area contributed by atoms with E-state index in [0.717, 1.165) is 6.54 Å². The van der Waals surface area contributed by atoms with Gasteiger partial charge in [-0.15, -0.1) is 11.3 Å². The highest BCUT2D eigenvalue weighted by Gasteiger charge is 2.23. The van der Waals surface area contributed by atoms with Gasteiger partial charge in [0.05, 0.1) is 18.0 Å². The number of nitrogens with two attached hydrogens (primary N) is 1. The van der Waals surface area contributed by atoms with Crippen LogP contribution in [0.4, 0.5) is 0 Å². The highest BCUT2D eigenvalue weighted by molar-refractivity contribution is 7.10. The van der Waals surface area contributed by atoms with E-state index in [9.17, 15) is 0 Å². The Bertz CT molecular complexity index is 340. The molecule has 0 saturated carbocycles. The van der Waals surface area contributed by atoms with Gasteiger partial charge in [0.2, 0.25) is 0 Å². The first-order valence-electron chi connectivity index (χ1n) is 5.45. The van der Waals surface area contributed by atoms with E-state index in [2.05, 4.69) is 22.4 Å². The van der Waals surface area contributed by atoms with Crippen molar-refractivity contribution in [2.24, 2.45) is 11.7 Å². The summed E-state index contributed by atoms with van der Waals surface area (Å²) in [7, 11) is 2.03. The molecule has 0 aromatic carbocycles. The SMILES string of the molecule is CC(C#N)CN(C)C(c1cccs1)C(C)N. The van der Waals surface area contributed by atoms with Crippen LogP contribution in [0.2, 0.25) is 0 Å². The van der Waals surface area contributed by atoms with Crippen LogP contribution in [0.15, 0.2) is 17.5 Å². The summed E-state index contributed by atoms with van der Waals surface area (Å²) < 4.78 is 0. The Balaban J connectivity index is 2.76. The summed E-state index contributed by atoms with van der Waals surface area (Å²) in [4.78, 5) is 3.44. The van der Waals surface area contributed by atoms with Crippen molar-refractivity contribution in [1.82, 2.24) is 4.90 Å². The summed E-state index contributed by atoms with van der Waals surface area (Å²) in [6, 6.07) is 6.67. The molecule has 16 heavy (non-hydrogen) atoms. The standard InChI is InChI=1S/C12H19N3S/c1-9(7-13)8-15(3)12(10(2)14)11-5-4-6-16-11/h4-6,9-10,12H,8,14H2,1-3H3. The lowest BCUT2D eigenvalue weighted by Gasteiger charge is -2.30. The Kier molecular flexibility index (Phi) is 4.94. The summed E-state index contributed by atoms with van der Waals surface area (Å²) in [5.74, 6) is 0.0335. The Morgan fingerprint density at radius 1 is 1.56 bits per heavy atom. The van der Waals surface area contributed by atoms with Crippen LogP contribution in [0.3, 0.4) is 0 Å². The van der Waals surface area contributed by atoms with E-state index < -0.39 is 0 Å². The summed E-state index contributed by atoms with van der Waals surface area (Å²) in [6.45, 7) is 4.70. The average molecular weight is 237 g/mol. The Morgan fingerprint density at radius 2 is 2.25 bits per heavy atom. The molecule has 0 aliphatic heterocycles. The van der Waals surface area contributed by atoms with Crippen molar-refractivity contribution in [1.29, 1.82) is 5.26 Å². The molecule has 2 N–H and O–H groups in total. The maximum atomic E-state index is 8.83. The molecule has 0 saturated heterocycles. The maximum absolute atomic E-state index is 8.83.